The lowest BCUT2D eigenvalue weighted by atomic mass is 10.2. The number of rotatable bonds is 2. The first kappa shape index (κ1) is 14.5. The number of nitrogens with one attached hydrogen (secondary N) is 1. The van der Waals surface area contributed by atoms with E-state index in [0.717, 1.165) is 0 Å². The molecule has 6 heteroatoms. The highest BCUT2D eigenvalue weighted by atomic mass is 35.5. The third-order valence-corrected chi connectivity index (χ3v) is 3.58. The van der Waals surface area contributed by atoms with Gasteiger partial charge in [0.1, 0.15) is 11.5 Å². The van der Waals surface area contributed by atoms with E-state index in [1.165, 1.54) is 23.5 Å². The van der Waals surface area contributed by atoms with E-state index in [0.29, 0.717) is 10.4 Å². The minimum atomic E-state index is -0.679. The van der Waals surface area contributed by atoms with Gasteiger partial charge in [-0.3, -0.25) is 4.79 Å². The van der Waals surface area contributed by atoms with Crippen LogP contribution in [0.15, 0.2) is 29.6 Å². The highest BCUT2D eigenvalue weighted by Gasteiger charge is 2.15. The topological polar surface area (TPSA) is 49.3 Å². The Labute approximate surface area is 124 Å². The molecule has 0 aliphatic heterocycles. The molecule has 1 heterocycles. The molecule has 0 saturated carbocycles. The van der Waals surface area contributed by atoms with Crippen molar-refractivity contribution in [3.8, 4) is 11.8 Å². The number of aliphatic hydroxyl groups is 1. The van der Waals surface area contributed by atoms with E-state index in [4.69, 9.17) is 16.7 Å². The third-order valence-electron chi connectivity index (χ3n) is 2.37. The van der Waals surface area contributed by atoms with E-state index in [1.54, 1.807) is 17.5 Å². The van der Waals surface area contributed by atoms with Gasteiger partial charge in [0.15, 0.2) is 5.82 Å². The Morgan fingerprint density at radius 2 is 2.25 bits per heavy atom. The van der Waals surface area contributed by atoms with Gasteiger partial charge in [-0.05, 0) is 23.6 Å². The zero-order valence-corrected chi connectivity index (χ0v) is 11.7. The molecule has 0 saturated heterocycles. The predicted octanol–water partition coefficient (Wildman–Crippen LogP) is 3.14. The lowest BCUT2D eigenvalue weighted by Gasteiger charge is -2.06. The van der Waals surface area contributed by atoms with Crippen molar-refractivity contribution < 1.29 is 14.3 Å². The van der Waals surface area contributed by atoms with Crippen molar-refractivity contribution in [1.82, 2.24) is 0 Å². The van der Waals surface area contributed by atoms with Gasteiger partial charge >= 0.3 is 0 Å². The van der Waals surface area contributed by atoms with E-state index in [2.05, 4.69) is 17.2 Å². The molecule has 2 rings (SSSR count). The number of thiophene rings is 1. The summed E-state index contributed by atoms with van der Waals surface area (Å²) in [5.41, 5.74) is 0.501. The number of aliphatic hydroxyl groups excluding tert-OH is 1. The largest absolute Gasteiger partial charge is 0.384 e. The van der Waals surface area contributed by atoms with Crippen molar-refractivity contribution in [2.24, 2.45) is 0 Å². The van der Waals surface area contributed by atoms with Gasteiger partial charge in [-0.2, -0.15) is 0 Å². The number of carbonyl (C=O) groups excluding carboxylic acids is 1. The molecule has 3 nitrogen and oxygen atoms in total. The molecule has 20 heavy (non-hydrogen) atoms. The smallest absolute Gasteiger partial charge is 0.267 e. The molecule has 2 aromatic rings. The molecule has 1 amide bonds. The first-order valence-electron chi connectivity index (χ1n) is 5.56. The summed E-state index contributed by atoms with van der Waals surface area (Å²) in [5.74, 6) is 3.98. The maximum atomic E-state index is 13.7. The van der Waals surface area contributed by atoms with Gasteiger partial charge in [-0.25, -0.2) is 4.39 Å². The number of halogens is 2. The summed E-state index contributed by atoms with van der Waals surface area (Å²) < 4.78 is 13.7. The van der Waals surface area contributed by atoms with Crippen LogP contribution < -0.4 is 5.32 Å². The maximum Gasteiger partial charge on any atom is 0.267 e. The molecule has 0 aliphatic carbocycles. The van der Waals surface area contributed by atoms with Crippen LogP contribution in [0.5, 0.6) is 0 Å². The molecule has 0 atom stereocenters. The molecule has 0 spiro atoms. The van der Waals surface area contributed by atoms with Crippen LogP contribution in [0.3, 0.4) is 0 Å². The average molecular weight is 310 g/mol. The Morgan fingerprint density at radius 1 is 1.45 bits per heavy atom. The molecule has 1 aromatic heterocycles. The van der Waals surface area contributed by atoms with Crippen molar-refractivity contribution in [2.45, 2.75) is 0 Å². The van der Waals surface area contributed by atoms with E-state index < -0.39 is 11.7 Å². The lowest BCUT2D eigenvalue weighted by molar-refractivity contribution is 0.103. The summed E-state index contributed by atoms with van der Waals surface area (Å²) in [6.45, 7) is -0.292. The summed E-state index contributed by atoms with van der Waals surface area (Å²) in [4.78, 5) is 12.4. The molecule has 102 valence electrons. The van der Waals surface area contributed by atoms with E-state index in [9.17, 15) is 9.18 Å². The van der Waals surface area contributed by atoms with Crippen LogP contribution in [-0.2, 0) is 0 Å². The van der Waals surface area contributed by atoms with Crippen molar-refractivity contribution in [2.75, 3.05) is 11.9 Å². The predicted molar refractivity (Wildman–Crippen MR) is 77.6 cm³/mol. The molecule has 2 N–H and O–H groups in total. The molecule has 0 unspecified atom stereocenters. The van der Waals surface area contributed by atoms with Gasteiger partial charge in [0.25, 0.3) is 5.91 Å². The van der Waals surface area contributed by atoms with Crippen molar-refractivity contribution in [3.63, 3.8) is 0 Å². The zero-order valence-electron chi connectivity index (χ0n) is 10.1. The number of amides is 1. The SMILES string of the molecule is O=C(Nc1cccc(Cl)c1F)c1sccc1C#CCO. The fourth-order valence-corrected chi connectivity index (χ4v) is 2.42. The lowest BCUT2D eigenvalue weighted by Crippen LogP contribution is -2.12. The van der Waals surface area contributed by atoms with Crippen LogP contribution in [0, 0.1) is 17.7 Å². The number of hydrogen-bond donors (Lipinski definition) is 2. The van der Waals surface area contributed by atoms with Gasteiger partial charge in [0.05, 0.1) is 10.7 Å². The minimum absolute atomic E-state index is 0.0111. The molecule has 0 aliphatic rings. The third kappa shape index (κ3) is 3.17. The van der Waals surface area contributed by atoms with Crippen molar-refractivity contribution >= 4 is 34.5 Å². The van der Waals surface area contributed by atoms with Crippen LogP contribution in [-0.4, -0.2) is 17.6 Å². The quantitative estimate of drug-likeness (QED) is 0.837. The van der Waals surface area contributed by atoms with Crippen LogP contribution in [0.1, 0.15) is 15.2 Å². The van der Waals surface area contributed by atoms with Gasteiger partial charge in [0, 0.05) is 5.56 Å². The highest BCUT2D eigenvalue weighted by molar-refractivity contribution is 7.12. The fraction of sp³-hybridized carbons (Fsp3) is 0.0714. The first-order chi connectivity index (χ1) is 9.63. The average Bonchev–Trinajstić information content (AvgIpc) is 2.90. The molecule has 0 fully saturated rings. The Balaban J connectivity index is 2.25. The number of benzene rings is 1. The first-order valence-corrected chi connectivity index (χ1v) is 6.82. The molecule has 0 bridgehead atoms. The Bertz CT molecular complexity index is 703. The monoisotopic (exact) mass is 309 g/mol. The molecular weight excluding hydrogens is 301 g/mol. The van der Waals surface area contributed by atoms with Crippen molar-refractivity contribution in [1.29, 1.82) is 0 Å². The van der Waals surface area contributed by atoms with Gasteiger partial charge in [0.2, 0.25) is 0 Å². The Kier molecular flexibility index (Phi) is 4.74. The summed E-state index contributed by atoms with van der Waals surface area (Å²) in [7, 11) is 0. The highest BCUT2D eigenvalue weighted by Crippen LogP contribution is 2.24. The second kappa shape index (κ2) is 6.53. The van der Waals surface area contributed by atoms with Gasteiger partial charge in [-0.1, -0.05) is 29.5 Å². The van der Waals surface area contributed by atoms with E-state index in [-0.39, 0.29) is 17.3 Å². The second-order valence-electron chi connectivity index (χ2n) is 3.68. The summed E-state index contributed by atoms with van der Waals surface area (Å²) >= 11 is 6.83. The van der Waals surface area contributed by atoms with Crippen LogP contribution in [0.2, 0.25) is 5.02 Å². The Hall–Kier alpha value is -1.87. The normalized spacial score (nSPS) is 9.75. The summed E-state index contributed by atoms with van der Waals surface area (Å²) in [6.07, 6.45) is 0. The van der Waals surface area contributed by atoms with Crippen LogP contribution >= 0.6 is 22.9 Å². The number of carbonyl (C=O) groups is 1. The molecule has 0 radical (unpaired) electrons. The second-order valence-corrected chi connectivity index (χ2v) is 5.00. The number of anilines is 1. The number of hydrogen-bond acceptors (Lipinski definition) is 3. The van der Waals surface area contributed by atoms with Gasteiger partial charge in [-0.15, -0.1) is 11.3 Å². The minimum Gasteiger partial charge on any atom is -0.384 e. The molecular formula is C14H9ClFNO2S. The van der Waals surface area contributed by atoms with Crippen LogP contribution in [0.25, 0.3) is 0 Å². The standard InChI is InChI=1S/C14H9ClFNO2S/c15-10-4-1-5-11(12(10)16)17-14(19)13-9(3-2-7-18)6-8-20-13/h1,4-6,8,18H,7H2,(H,17,19). The van der Waals surface area contributed by atoms with E-state index in [1.807, 2.05) is 0 Å². The maximum absolute atomic E-state index is 13.7. The summed E-state index contributed by atoms with van der Waals surface area (Å²) in [5, 5.41) is 12.8. The van der Waals surface area contributed by atoms with Gasteiger partial charge < -0.3 is 10.4 Å². The molecule has 1 aromatic carbocycles. The summed E-state index contributed by atoms with van der Waals surface area (Å²) in [6, 6.07) is 6.03. The fourth-order valence-electron chi connectivity index (χ4n) is 1.50. The van der Waals surface area contributed by atoms with Crippen molar-refractivity contribution in [3.05, 3.63) is 50.9 Å². The van der Waals surface area contributed by atoms with E-state index >= 15 is 0 Å². The zero-order chi connectivity index (χ0) is 14.5. The van der Waals surface area contributed by atoms with Crippen LogP contribution in [0.4, 0.5) is 10.1 Å². The Morgan fingerprint density at radius 3 is 3.00 bits per heavy atom.